The Balaban J connectivity index is 1.75. The van der Waals surface area contributed by atoms with Gasteiger partial charge in [-0.2, -0.15) is 16.1 Å². The van der Waals surface area contributed by atoms with E-state index in [-0.39, 0.29) is 6.03 Å². The topological polar surface area (TPSA) is 45.2 Å². The molecule has 0 bridgehead atoms. The van der Waals surface area contributed by atoms with Crippen molar-refractivity contribution < 1.29 is 4.79 Å². The van der Waals surface area contributed by atoms with Crippen LogP contribution in [-0.4, -0.2) is 39.9 Å². The lowest BCUT2D eigenvalue weighted by molar-refractivity contribution is 0.217. The van der Waals surface area contributed by atoms with Crippen LogP contribution in [-0.2, 0) is 0 Å². The van der Waals surface area contributed by atoms with E-state index in [9.17, 15) is 4.79 Å². The molecule has 4 nitrogen and oxygen atoms in total. The van der Waals surface area contributed by atoms with Gasteiger partial charge in [-0.05, 0) is 11.5 Å². The van der Waals surface area contributed by atoms with E-state index in [0.29, 0.717) is 0 Å². The monoisotopic (exact) mass is 305 g/mol. The van der Waals surface area contributed by atoms with E-state index in [4.69, 9.17) is 0 Å². The SMILES string of the molecule is O=C(Nc1csnc1-c1ccccc1)N1CCSCC1. The predicted molar refractivity (Wildman–Crippen MR) is 85.5 cm³/mol. The zero-order valence-corrected chi connectivity index (χ0v) is 12.5. The van der Waals surface area contributed by atoms with Crippen LogP contribution < -0.4 is 5.32 Å². The van der Waals surface area contributed by atoms with Crippen molar-refractivity contribution in [2.45, 2.75) is 0 Å². The third kappa shape index (κ3) is 2.96. The smallest absolute Gasteiger partial charge is 0.321 e. The highest BCUT2D eigenvalue weighted by molar-refractivity contribution is 7.99. The number of thioether (sulfide) groups is 1. The highest BCUT2D eigenvalue weighted by Crippen LogP contribution is 2.28. The number of benzene rings is 1. The first-order chi connectivity index (χ1) is 9.84. The fourth-order valence-corrected chi connectivity index (χ4v) is 3.63. The summed E-state index contributed by atoms with van der Waals surface area (Å²) in [6.07, 6.45) is 0. The summed E-state index contributed by atoms with van der Waals surface area (Å²) in [7, 11) is 0. The van der Waals surface area contributed by atoms with Crippen molar-refractivity contribution >= 4 is 35.0 Å². The molecule has 0 radical (unpaired) electrons. The number of anilines is 1. The largest absolute Gasteiger partial charge is 0.323 e. The van der Waals surface area contributed by atoms with E-state index in [2.05, 4.69) is 9.69 Å². The average molecular weight is 305 g/mol. The zero-order valence-electron chi connectivity index (χ0n) is 10.9. The van der Waals surface area contributed by atoms with Crippen molar-refractivity contribution in [1.82, 2.24) is 9.27 Å². The van der Waals surface area contributed by atoms with E-state index >= 15 is 0 Å². The number of urea groups is 1. The molecule has 0 aliphatic carbocycles. The number of nitrogens with one attached hydrogen (secondary N) is 1. The summed E-state index contributed by atoms with van der Waals surface area (Å²) in [5.41, 5.74) is 2.66. The van der Waals surface area contributed by atoms with Crippen LogP contribution in [0.5, 0.6) is 0 Å². The Labute approximate surface area is 126 Å². The first kappa shape index (κ1) is 13.5. The zero-order chi connectivity index (χ0) is 13.8. The molecule has 1 aromatic carbocycles. The Morgan fingerprint density at radius 2 is 1.95 bits per heavy atom. The van der Waals surface area contributed by atoms with Gasteiger partial charge in [0.05, 0.1) is 5.69 Å². The van der Waals surface area contributed by atoms with Crippen molar-refractivity contribution in [3.63, 3.8) is 0 Å². The molecule has 6 heteroatoms. The Hall–Kier alpha value is -1.53. The molecule has 1 aliphatic heterocycles. The summed E-state index contributed by atoms with van der Waals surface area (Å²) in [6, 6.07) is 9.90. The maximum absolute atomic E-state index is 12.2. The standard InChI is InChI=1S/C14H15N3OS2/c18-14(17-6-8-19-9-7-17)15-12-10-20-16-13(12)11-4-2-1-3-5-11/h1-5,10H,6-9H2,(H,15,18). The minimum absolute atomic E-state index is 0.0253. The second-order valence-electron chi connectivity index (χ2n) is 4.47. The van der Waals surface area contributed by atoms with Crippen LogP contribution in [0.15, 0.2) is 35.7 Å². The minimum Gasteiger partial charge on any atom is -0.323 e. The molecule has 1 aromatic heterocycles. The van der Waals surface area contributed by atoms with Crippen molar-refractivity contribution in [2.24, 2.45) is 0 Å². The van der Waals surface area contributed by atoms with Crippen LogP contribution in [0.4, 0.5) is 10.5 Å². The predicted octanol–water partition coefficient (Wildman–Crippen LogP) is 3.39. The summed E-state index contributed by atoms with van der Waals surface area (Å²) in [4.78, 5) is 14.1. The lowest BCUT2D eigenvalue weighted by Gasteiger charge is -2.26. The van der Waals surface area contributed by atoms with Gasteiger partial charge < -0.3 is 10.2 Å². The second-order valence-corrected chi connectivity index (χ2v) is 6.33. The Kier molecular flexibility index (Phi) is 4.22. The summed E-state index contributed by atoms with van der Waals surface area (Å²) in [5, 5.41) is 4.87. The molecule has 0 unspecified atom stereocenters. The number of hydrogen-bond acceptors (Lipinski definition) is 4. The molecule has 1 N–H and O–H groups in total. The summed E-state index contributed by atoms with van der Waals surface area (Å²) in [5.74, 6) is 2.03. The van der Waals surface area contributed by atoms with E-state index in [1.807, 2.05) is 52.4 Å². The Morgan fingerprint density at radius 1 is 1.20 bits per heavy atom. The molecular weight excluding hydrogens is 290 g/mol. The van der Waals surface area contributed by atoms with Gasteiger partial charge in [0.15, 0.2) is 0 Å². The third-order valence-corrected chi connectivity index (χ3v) is 4.73. The maximum atomic E-state index is 12.2. The summed E-state index contributed by atoms with van der Waals surface area (Å²) >= 11 is 3.25. The van der Waals surface area contributed by atoms with Crippen molar-refractivity contribution in [1.29, 1.82) is 0 Å². The van der Waals surface area contributed by atoms with Gasteiger partial charge in [-0.25, -0.2) is 4.79 Å². The highest BCUT2D eigenvalue weighted by Gasteiger charge is 2.18. The van der Waals surface area contributed by atoms with Crippen LogP contribution >= 0.6 is 23.3 Å². The van der Waals surface area contributed by atoms with Gasteiger partial charge in [-0.1, -0.05) is 30.3 Å². The molecule has 2 heterocycles. The third-order valence-electron chi connectivity index (χ3n) is 3.16. The van der Waals surface area contributed by atoms with Gasteiger partial charge in [0, 0.05) is 35.5 Å². The molecule has 0 saturated carbocycles. The number of rotatable bonds is 2. The molecule has 1 saturated heterocycles. The van der Waals surface area contributed by atoms with Gasteiger partial charge in [0.1, 0.15) is 5.69 Å². The van der Waals surface area contributed by atoms with E-state index in [1.54, 1.807) is 0 Å². The summed E-state index contributed by atoms with van der Waals surface area (Å²) in [6.45, 7) is 1.63. The van der Waals surface area contributed by atoms with Crippen molar-refractivity contribution in [2.75, 3.05) is 29.9 Å². The normalized spacial score (nSPS) is 15.1. The van der Waals surface area contributed by atoms with Crippen LogP contribution in [0.25, 0.3) is 11.3 Å². The highest BCUT2D eigenvalue weighted by atomic mass is 32.2. The molecule has 3 rings (SSSR count). The molecule has 2 amide bonds. The van der Waals surface area contributed by atoms with Crippen LogP contribution in [0, 0.1) is 0 Å². The first-order valence-electron chi connectivity index (χ1n) is 6.48. The van der Waals surface area contributed by atoms with Gasteiger partial charge >= 0.3 is 6.03 Å². The van der Waals surface area contributed by atoms with Crippen LogP contribution in [0.3, 0.4) is 0 Å². The molecular formula is C14H15N3OS2. The number of carbonyl (C=O) groups is 1. The Morgan fingerprint density at radius 3 is 2.70 bits per heavy atom. The molecule has 20 heavy (non-hydrogen) atoms. The molecule has 1 aliphatic rings. The Bertz CT molecular complexity index is 579. The molecule has 0 atom stereocenters. The van der Waals surface area contributed by atoms with Crippen molar-refractivity contribution in [3.8, 4) is 11.3 Å². The van der Waals surface area contributed by atoms with E-state index in [0.717, 1.165) is 41.5 Å². The molecule has 104 valence electrons. The van der Waals surface area contributed by atoms with Gasteiger partial charge in [-0.3, -0.25) is 0 Å². The molecule has 1 fully saturated rings. The van der Waals surface area contributed by atoms with Gasteiger partial charge in [-0.15, -0.1) is 0 Å². The number of hydrogen-bond donors (Lipinski definition) is 1. The lowest BCUT2D eigenvalue weighted by atomic mass is 10.1. The minimum atomic E-state index is -0.0253. The number of nitrogens with zero attached hydrogens (tertiary/aromatic N) is 2. The summed E-state index contributed by atoms with van der Waals surface area (Å²) < 4.78 is 4.39. The maximum Gasteiger partial charge on any atom is 0.321 e. The van der Waals surface area contributed by atoms with Crippen LogP contribution in [0.1, 0.15) is 0 Å². The van der Waals surface area contributed by atoms with Crippen molar-refractivity contribution in [3.05, 3.63) is 35.7 Å². The number of carbonyl (C=O) groups excluding carboxylic acids is 1. The first-order valence-corrected chi connectivity index (χ1v) is 8.47. The van der Waals surface area contributed by atoms with Crippen LogP contribution in [0.2, 0.25) is 0 Å². The fourth-order valence-electron chi connectivity index (χ4n) is 2.09. The quantitative estimate of drug-likeness (QED) is 0.925. The molecule has 0 spiro atoms. The average Bonchev–Trinajstić information content (AvgIpc) is 2.97. The lowest BCUT2D eigenvalue weighted by Crippen LogP contribution is -2.40. The number of aromatic nitrogens is 1. The van der Waals surface area contributed by atoms with Gasteiger partial charge in [0.25, 0.3) is 0 Å². The number of amides is 2. The van der Waals surface area contributed by atoms with E-state index in [1.165, 1.54) is 11.5 Å². The fraction of sp³-hybridized carbons (Fsp3) is 0.286. The second kappa shape index (κ2) is 6.28. The molecule has 2 aromatic rings. The van der Waals surface area contributed by atoms with Gasteiger partial charge in [0.2, 0.25) is 0 Å². The van der Waals surface area contributed by atoms with E-state index < -0.39 is 0 Å².